The summed E-state index contributed by atoms with van der Waals surface area (Å²) in [6, 6.07) is 25.2. The van der Waals surface area contributed by atoms with E-state index in [9.17, 15) is 9.59 Å². The lowest BCUT2D eigenvalue weighted by molar-refractivity contribution is -0.147. The van der Waals surface area contributed by atoms with E-state index in [-0.39, 0.29) is 18.9 Å². The predicted octanol–water partition coefficient (Wildman–Crippen LogP) is 3.76. The third-order valence-electron chi connectivity index (χ3n) is 4.40. The Balaban J connectivity index is 1.42. The molecule has 0 heterocycles. The number of methoxy groups -OCH3 is 1. The maximum atomic E-state index is 12.0. The first-order chi connectivity index (χ1) is 14.1. The molecule has 0 aliphatic rings. The van der Waals surface area contributed by atoms with Gasteiger partial charge in [-0.05, 0) is 34.4 Å². The first-order valence-corrected chi connectivity index (χ1v) is 9.33. The van der Waals surface area contributed by atoms with Crippen molar-refractivity contribution in [3.8, 4) is 16.9 Å². The zero-order valence-corrected chi connectivity index (χ0v) is 16.3. The van der Waals surface area contributed by atoms with Gasteiger partial charge in [0.1, 0.15) is 5.75 Å². The molecular formula is C24H23NO4. The van der Waals surface area contributed by atoms with Gasteiger partial charge >= 0.3 is 5.97 Å². The molecule has 0 atom stereocenters. The van der Waals surface area contributed by atoms with Gasteiger partial charge in [0.15, 0.2) is 6.61 Å². The van der Waals surface area contributed by atoms with Crippen molar-refractivity contribution in [2.24, 2.45) is 0 Å². The SMILES string of the molecule is COc1cccc(CNC(=O)COC(=O)Cc2ccc(-c3ccccc3)cc2)c1. The molecule has 0 bridgehead atoms. The molecule has 148 valence electrons. The Bertz CT molecular complexity index is 952. The number of carbonyl (C=O) groups is 2. The summed E-state index contributed by atoms with van der Waals surface area (Å²) in [5.41, 5.74) is 3.95. The molecule has 0 radical (unpaired) electrons. The van der Waals surface area contributed by atoms with Crippen LogP contribution in [0.15, 0.2) is 78.9 Å². The van der Waals surface area contributed by atoms with Crippen molar-refractivity contribution in [3.63, 3.8) is 0 Å². The fourth-order valence-corrected chi connectivity index (χ4v) is 2.84. The van der Waals surface area contributed by atoms with Crippen LogP contribution in [0.2, 0.25) is 0 Å². The second-order valence-corrected chi connectivity index (χ2v) is 6.53. The fourth-order valence-electron chi connectivity index (χ4n) is 2.84. The van der Waals surface area contributed by atoms with E-state index >= 15 is 0 Å². The second kappa shape index (κ2) is 10.1. The Hall–Kier alpha value is -3.60. The minimum absolute atomic E-state index is 0.123. The minimum Gasteiger partial charge on any atom is -0.497 e. The van der Waals surface area contributed by atoms with Crippen molar-refractivity contribution >= 4 is 11.9 Å². The molecule has 0 aliphatic carbocycles. The van der Waals surface area contributed by atoms with Crippen LogP contribution in [0.1, 0.15) is 11.1 Å². The number of carbonyl (C=O) groups excluding carboxylic acids is 2. The van der Waals surface area contributed by atoms with E-state index in [2.05, 4.69) is 5.32 Å². The maximum Gasteiger partial charge on any atom is 0.310 e. The molecule has 5 heteroatoms. The van der Waals surface area contributed by atoms with E-state index in [1.807, 2.05) is 78.9 Å². The number of hydrogen-bond donors (Lipinski definition) is 1. The molecule has 1 amide bonds. The van der Waals surface area contributed by atoms with Crippen molar-refractivity contribution in [2.45, 2.75) is 13.0 Å². The Kier molecular flexibility index (Phi) is 7.00. The summed E-state index contributed by atoms with van der Waals surface area (Å²) in [4.78, 5) is 23.9. The van der Waals surface area contributed by atoms with Crippen LogP contribution in [0.3, 0.4) is 0 Å². The Morgan fingerprint density at radius 3 is 2.28 bits per heavy atom. The number of ether oxygens (including phenoxy) is 2. The topological polar surface area (TPSA) is 64.6 Å². The molecule has 3 rings (SSSR count). The number of benzene rings is 3. The zero-order chi connectivity index (χ0) is 20.5. The van der Waals surface area contributed by atoms with E-state index in [0.717, 1.165) is 28.0 Å². The molecule has 0 saturated carbocycles. The van der Waals surface area contributed by atoms with Crippen molar-refractivity contribution in [1.29, 1.82) is 0 Å². The molecule has 0 fully saturated rings. The van der Waals surface area contributed by atoms with Crippen LogP contribution >= 0.6 is 0 Å². The van der Waals surface area contributed by atoms with Crippen LogP contribution in [-0.4, -0.2) is 25.6 Å². The molecule has 0 aromatic heterocycles. The average Bonchev–Trinajstić information content (AvgIpc) is 2.77. The van der Waals surface area contributed by atoms with E-state index < -0.39 is 5.97 Å². The van der Waals surface area contributed by atoms with E-state index in [4.69, 9.17) is 9.47 Å². The van der Waals surface area contributed by atoms with Crippen molar-refractivity contribution in [2.75, 3.05) is 13.7 Å². The molecule has 0 unspecified atom stereocenters. The first-order valence-electron chi connectivity index (χ1n) is 9.33. The van der Waals surface area contributed by atoms with Crippen molar-refractivity contribution in [3.05, 3.63) is 90.0 Å². The lowest BCUT2D eigenvalue weighted by Gasteiger charge is -2.08. The van der Waals surface area contributed by atoms with Crippen LogP contribution in [0, 0.1) is 0 Å². The molecule has 0 spiro atoms. The third-order valence-corrected chi connectivity index (χ3v) is 4.40. The van der Waals surface area contributed by atoms with Gasteiger partial charge in [0, 0.05) is 6.54 Å². The van der Waals surface area contributed by atoms with Gasteiger partial charge in [-0.1, -0.05) is 66.7 Å². The average molecular weight is 389 g/mol. The summed E-state index contributed by atoms with van der Waals surface area (Å²) < 4.78 is 10.2. The van der Waals surface area contributed by atoms with Crippen LogP contribution in [0.4, 0.5) is 0 Å². The Morgan fingerprint density at radius 1 is 0.828 bits per heavy atom. The molecule has 3 aromatic carbocycles. The van der Waals surface area contributed by atoms with E-state index in [1.165, 1.54) is 0 Å². The Morgan fingerprint density at radius 2 is 1.55 bits per heavy atom. The van der Waals surface area contributed by atoms with Gasteiger partial charge in [0.05, 0.1) is 13.5 Å². The highest BCUT2D eigenvalue weighted by atomic mass is 16.5. The fraction of sp³-hybridized carbons (Fsp3) is 0.167. The molecule has 3 aromatic rings. The zero-order valence-electron chi connectivity index (χ0n) is 16.3. The molecule has 29 heavy (non-hydrogen) atoms. The predicted molar refractivity (Wildman–Crippen MR) is 111 cm³/mol. The van der Waals surface area contributed by atoms with E-state index in [1.54, 1.807) is 7.11 Å². The number of rotatable bonds is 8. The van der Waals surface area contributed by atoms with Gasteiger partial charge in [-0.2, -0.15) is 0 Å². The van der Waals surface area contributed by atoms with Gasteiger partial charge in [0.25, 0.3) is 5.91 Å². The molecule has 1 N–H and O–H groups in total. The van der Waals surface area contributed by atoms with Crippen LogP contribution in [0.25, 0.3) is 11.1 Å². The second-order valence-electron chi connectivity index (χ2n) is 6.53. The van der Waals surface area contributed by atoms with Crippen LogP contribution < -0.4 is 10.1 Å². The lowest BCUT2D eigenvalue weighted by atomic mass is 10.0. The van der Waals surface area contributed by atoms with Crippen LogP contribution in [0.5, 0.6) is 5.75 Å². The molecule has 0 saturated heterocycles. The monoisotopic (exact) mass is 389 g/mol. The number of esters is 1. The third kappa shape index (κ3) is 6.21. The van der Waals surface area contributed by atoms with Gasteiger partial charge in [-0.15, -0.1) is 0 Å². The smallest absolute Gasteiger partial charge is 0.310 e. The van der Waals surface area contributed by atoms with Crippen LogP contribution in [-0.2, 0) is 27.3 Å². The summed E-state index contributed by atoms with van der Waals surface area (Å²) in [5.74, 6) is -0.0592. The van der Waals surface area contributed by atoms with Gasteiger partial charge in [0.2, 0.25) is 0 Å². The summed E-state index contributed by atoms with van der Waals surface area (Å²) in [7, 11) is 1.59. The van der Waals surface area contributed by atoms with Gasteiger partial charge in [-0.25, -0.2) is 0 Å². The highest BCUT2D eigenvalue weighted by Crippen LogP contribution is 2.19. The first kappa shape index (κ1) is 20.1. The summed E-state index contributed by atoms with van der Waals surface area (Å²) in [5, 5.41) is 2.72. The number of nitrogens with one attached hydrogen (secondary N) is 1. The quantitative estimate of drug-likeness (QED) is 0.596. The van der Waals surface area contributed by atoms with Gasteiger partial charge < -0.3 is 14.8 Å². The minimum atomic E-state index is -0.436. The lowest BCUT2D eigenvalue weighted by Crippen LogP contribution is -2.28. The highest BCUT2D eigenvalue weighted by molar-refractivity contribution is 5.81. The standard InChI is InChI=1S/C24H23NO4/c1-28-22-9-5-6-19(14-22)16-25-23(26)17-29-24(27)15-18-10-12-21(13-11-18)20-7-3-2-4-8-20/h2-14H,15-17H2,1H3,(H,25,26). The number of amides is 1. The summed E-state index contributed by atoms with van der Waals surface area (Å²) in [6.45, 7) is 0.0411. The van der Waals surface area contributed by atoms with Crippen molar-refractivity contribution < 1.29 is 19.1 Å². The highest BCUT2D eigenvalue weighted by Gasteiger charge is 2.09. The number of hydrogen-bond acceptors (Lipinski definition) is 4. The van der Waals surface area contributed by atoms with Gasteiger partial charge in [-0.3, -0.25) is 9.59 Å². The van der Waals surface area contributed by atoms with E-state index in [0.29, 0.717) is 6.54 Å². The molecule has 5 nitrogen and oxygen atoms in total. The maximum absolute atomic E-state index is 12.0. The van der Waals surface area contributed by atoms with Crippen molar-refractivity contribution in [1.82, 2.24) is 5.32 Å². The largest absolute Gasteiger partial charge is 0.497 e. The molecule has 0 aliphatic heterocycles. The Labute approximate surface area is 170 Å². The molecular weight excluding hydrogens is 366 g/mol. The normalized spacial score (nSPS) is 10.2. The summed E-state index contributed by atoms with van der Waals surface area (Å²) >= 11 is 0. The summed E-state index contributed by atoms with van der Waals surface area (Å²) in [6.07, 6.45) is 0.123.